The lowest BCUT2D eigenvalue weighted by atomic mass is 9.92. The van der Waals surface area contributed by atoms with Crippen LogP contribution in [0.15, 0.2) is 39.5 Å². The lowest BCUT2D eigenvalue weighted by Crippen LogP contribution is -2.44. The number of likely N-dealkylation sites (tertiary alicyclic amines) is 1. The van der Waals surface area contributed by atoms with Gasteiger partial charge in [-0.3, -0.25) is 9.59 Å². The third-order valence-electron chi connectivity index (χ3n) is 4.48. The predicted octanol–water partition coefficient (Wildman–Crippen LogP) is 1.55. The number of amides is 1. The first-order valence-electron chi connectivity index (χ1n) is 8.99. The Bertz CT molecular complexity index is 848. The van der Waals surface area contributed by atoms with Gasteiger partial charge in [-0.2, -0.15) is 4.68 Å². The summed E-state index contributed by atoms with van der Waals surface area (Å²) in [6.07, 6.45) is 1.09. The van der Waals surface area contributed by atoms with Crippen LogP contribution in [0.1, 0.15) is 20.3 Å². The largest absolute Gasteiger partial charge is 0.454 e. The van der Waals surface area contributed by atoms with Crippen LogP contribution in [-0.4, -0.2) is 46.3 Å². The summed E-state index contributed by atoms with van der Waals surface area (Å²) in [5.41, 5.74) is 0.630. The summed E-state index contributed by atoms with van der Waals surface area (Å²) in [6.45, 7) is 4.80. The summed E-state index contributed by atoms with van der Waals surface area (Å²) < 4.78 is 11.0. The Morgan fingerprint density at radius 3 is 2.52 bits per heavy atom. The molecule has 0 N–H and O–H groups in total. The van der Waals surface area contributed by atoms with Gasteiger partial charge < -0.3 is 14.1 Å². The van der Waals surface area contributed by atoms with Crippen molar-refractivity contribution in [2.75, 3.05) is 19.7 Å². The molecule has 1 saturated heterocycles. The van der Waals surface area contributed by atoms with Crippen LogP contribution in [0.25, 0.3) is 11.5 Å². The molecule has 144 valence electrons. The summed E-state index contributed by atoms with van der Waals surface area (Å²) in [5.74, 6) is -0.704. The standard InChI is InChI=1S/C19H23N3O5/c1-13-8-14(2)10-21(9-13)16(23)12-26-17(24)11-22-19(25)27-18(20-22)15-6-4-3-5-7-15/h3-7,13-14H,8-12H2,1-2H3/t13-,14+. The van der Waals surface area contributed by atoms with E-state index in [0.29, 0.717) is 30.5 Å². The molecule has 0 saturated carbocycles. The molecule has 0 radical (unpaired) electrons. The first-order valence-corrected chi connectivity index (χ1v) is 8.99. The molecule has 8 nitrogen and oxygen atoms in total. The van der Waals surface area contributed by atoms with Gasteiger partial charge in [-0.15, -0.1) is 5.10 Å². The summed E-state index contributed by atoms with van der Waals surface area (Å²) >= 11 is 0. The number of ether oxygens (including phenoxy) is 1. The summed E-state index contributed by atoms with van der Waals surface area (Å²) in [4.78, 5) is 37.8. The maximum Gasteiger partial charge on any atom is 0.437 e. The van der Waals surface area contributed by atoms with Crippen LogP contribution in [-0.2, 0) is 20.9 Å². The van der Waals surface area contributed by atoms with Gasteiger partial charge in [0.15, 0.2) is 6.61 Å². The van der Waals surface area contributed by atoms with Crippen molar-refractivity contribution < 1.29 is 18.7 Å². The van der Waals surface area contributed by atoms with E-state index in [1.54, 1.807) is 29.2 Å². The third-order valence-corrected chi connectivity index (χ3v) is 4.48. The van der Waals surface area contributed by atoms with Crippen LogP contribution >= 0.6 is 0 Å². The van der Waals surface area contributed by atoms with Gasteiger partial charge in [0.25, 0.3) is 5.91 Å². The van der Waals surface area contributed by atoms with E-state index in [0.717, 1.165) is 11.1 Å². The van der Waals surface area contributed by atoms with Gasteiger partial charge in [-0.1, -0.05) is 32.0 Å². The third kappa shape index (κ3) is 4.84. The zero-order chi connectivity index (χ0) is 19.4. The molecule has 0 bridgehead atoms. The van der Waals surface area contributed by atoms with Gasteiger partial charge in [0, 0.05) is 18.7 Å². The Hall–Kier alpha value is -2.90. The van der Waals surface area contributed by atoms with E-state index in [1.165, 1.54) is 0 Å². The quantitative estimate of drug-likeness (QED) is 0.738. The maximum atomic E-state index is 12.2. The normalized spacial score (nSPS) is 19.7. The van der Waals surface area contributed by atoms with E-state index in [1.807, 2.05) is 6.07 Å². The van der Waals surface area contributed by atoms with Crippen LogP contribution in [0.2, 0.25) is 0 Å². The van der Waals surface area contributed by atoms with Crippen LogP contribution in [0, 0.1) is 11.8 Å². The number of rotatable bonds is 5. The van der Waals surface area contributed by atoms with Crippen molar-refractivity contribution in [1.29, 1.82) is 0 Å². The molecule has 2 atom stereocenters. The number of carbonyl (C=O) groups excluding carboxylic acids is 2. The predicted molar refractivity (Wildman–Crippen MR) is 96.7 cm³/mol. The lowest BCUT2D eigenvalue weighted by molar-refractivity contribution is -0.153. The zero-order valence-electron chi connectivity index (χ0n) is 15.5. The van der Waals surface area contributed by atoms with Crippen LogP contribution in [0.3, 0.4) is 0 Å². The summed E-state index contributed by atoms with van der Waals surface area (Å²) in [5, 5.41) is 4.00. The topological polar surface area (TPSA) is 94.6 Å². The van der Waals surface area contributed by atoms with Crippen LogP contribution < -0.4 is 5.76 Å². The minimum atomic E-state index is -0.754. The van der Waals surface area contributed by atoms with Gasteiger partial charge in [-0.25, -0.2) is 4.79 Å². The number of hydrogen-bond acceptors (Lipinski definition) is 6. The highest BCUT2D eigenvalue weighted by Crippen LogP contribution is 2.20. The van der Waals surface area contributed by atoms with E-state index in [2.05, 4.69) is 18.9 Å². The summed E-state index contributed by atoms with van der Waals surface area (Å²) in [7, 11) is 0. The van der Waals surface area contributed by atoms with Crippen molar-refractivity contribution >= 4 is 11.9 Å². The number of carbonyl (C=O) groups is 2. The Morgan fingerprint density at radius 2 is 1.85 bits per heavy atom. The Labute approximate surface area is 156 Å². The molecule has 8 heteroatoms. The second-order valence-corrected chi connectivity index (χ2v) is 7.10. The minimum Gasteiger partial charge on any atom is -0.454 e. The molecule has 27 heavy (non-hydrogen) atoms. The molecule has 1 fully saturated rings. The van der Waals surface area contributed by atoms with E-state index in [9.17, 15) is 14.4 Å². The highest BCUT2D eigenvalue weighted by Gasteiger charge is 2.26. The molecular weight excluding hydrogens is 350 g/mol. The molecule has 1 aliphatic heterocycles. The second kappa shape index (κ2) is 8.20. The number of piperidine rings is 1. The SMILES string of the molecule is C[C@@H]1C[C@H](C)CN(C(=O)COC(=O)Cn2nc(-c3ccccc3)oc2=O)C1. The Kier molecular flexibility index (Phi) is 5.73. The van der Waals surface area contributed by atoms with E-state index in [4.69, 9.17) is 9.15 Å². The van der Waals surface area contributed by atoms with Crippen molar-refractivity contribution in [2.24, 2.45) is 11.8 Å². The molecule has 1 amide bonds. The van der Waals surface area contributed by atoms with E-state index < -0.39 is 18.3 Å². The molecule has 1 aromatic heterocycles. The van der Waals surface area contributed by atoms with Gasteiger partial charge in [0.1, 0.15) is 6.54 Å². The minimum absolute atomic E-state index is 0.126. The van der Waals surface area contributed by atoms with E-state index >= 15 is 0 Å². The Balaban J connectivity index is 1.55. The average molecular weight is 373 g/mol. The van der Waals surface area contributed by atoms with E-state index in [-0.39, 0.29) is 18.4 Å². The smallest absolute Gasteiger partial charge is 0.437 e. The van der Waals surface area contributed by atoms with Crippen molar-refractivity contribution in [1.82, 2.24) is 14.7 Å². The second-order valence-electron chi connectivity index (χ2n) is 7.10. The molecule has 1 aliphatic rings. The fraction of sp³-hybridized carbons (Fsp3) is 0.474. The molecule has 1 aromatic carbocycles. The van der Waals surface area contributed by atoms with Gasteiger partial charge >= 0.3 is 11.7 Å². The molecule has 2 aromatic rings. The first-order chi connectivity index (χ1) is 12.9. The molecular formula is C19H23N3O5. The number of esters is 1. The molecule has 3 rings (SSSR count). The monoisotopic (exact) mass is 373 g/mol. The number of aromatic nitrogens is 2. The average Bonchev–Trinajstić information content (AvgIpc) is 3.00. The van der Waals surface area contributed by atoms with Gasteiger partial charge in [0.2, 0.25) is 5.89 Å². The molecule has 0 aliphatic carbocycles. The fourth-order valence-electron chi connectivity index (χ4n) is 3.37. The van der Waals surface area contributed by atoms with Crippen molar-refractivity contribution in [3.8, 4) is 11.5 Å². The lowest BCUT2D eigenvalue weighted by Gasteiger charge is -2.34. The maximum absolute atomic E-state index is 12.2. The number of hydrogen-bond donors (Lipinski definition) is 0. The van der Waals surface area contributed by atoms with Crippen molar-refractivity contribution in [2.45, 2.75) is 26.8 Å². The Morgan fingerprint density at radius 1 is 1.19 bits per heavy atom. The fourth-order valence-corrected chi connectivity index (χ4v) is 3.37. The van der Waals surface area contributed by atoms with Crippen LogP contribution in [0.4, 0.5) is 0 Å². The van der Waals surface area contributed by atoms with Crippen molar-refractivity contribution in [3.63, 3.8) is 0 Å². The van der Waals surface area contributed by atoms with Crippen LogP contribution in [0.5, 0.6) is 0 Å². The molecule has 2 heterocycles. The molecule has 0 unspecified atom stereocenters. The highest BCUT2D eigenvalue weighted by atomic mass is 16.5. The number of nitrogens with zero attached hydrogens (tertiary/aromatic N) is 3. The van der Waals surface area contributed by atoms with Crippen molar-refractivity contribution in [3.05, 3.63) is 40.9 Å². The van der Waals surface area contributed by atoms with Gasteiger partial charge in [-0.05, 0) is 30.4 Å². The molecule has 0 spiro atoms. The first kappa shape index (κ1) is 18.9. The zero-order valence-corrected chi connectivity index (χ0v) is 15.5. The summed E-state index contributed by atoms with van der Waals surface area (Å²) in [6, 6.07) is 8.89. The highest BCUT2D eigenvalue weighted by molar-refractivity contribution is 5.80. The number of benzene rings is 1. The van der Waals surface area contributed by atoms with Gasteiger partial charge in [0.05, 0.1) is 0 Å².